The number of nitrogens with one attached hydrogen (secondary N) is 2. The number of ether oxygens (including phenoxy) is 2. The summed E-state index contributed by atoms with van der Waals surface area (Å²) in [6.45, 7) is 3.46. The third kappa shape index (κ3) is 7.03. The van der Waals surface area contributed by atoms with E-state index in [0.29, 0.717) is 12.2 Å². The topological polar surface area (TPSA) is 93.7 Å². The molecule has 7 nitrogen and oxygen atoms in total. The molecule has 0 saturated heterocycles. The smallest absolute Gasteiger partial charge is 0.338 e. The molecule has 0 spiro atoms. The summed E-state index contributed by atoms with van der Waals surface area (Å²) in [4.78, 5) is 34.8. The Balaban J connectivity index is 1.77. The number of hydrogen-bond acceptors (Lipinski definition) is 5. The molecule has 0 radical (unpaired) electrons. The molecule has 0 aromatic heterocycles. The second-order valence-corrected chi connectivity index (χ2v) is 5.42. The van der Waals surface area contributed by atoms with Crippen molar-refractivity contribution in [2.75, 3.05) is 13.2 Å². The molecule has 2 aromatic carbocycles. The Bertz CT molecular complexity index is 788. The lowest BCUT2D eigenvalue weighted by atomic mass is 10.1. The van der Waals surface area contributed by atoms with Crippen molar-refractivity contribution < 1.29 is 23.9 Å². The minimum absolute atomic E-state index is 0.221. The molecule has 0 aliphatic rings. The minimum Gasteiger partial charge on any atom is -0.489 e. The van der Waals surface area contributed by atoms with E-state index in [2.05, 4.69) is 11.9 Å². The summed E-state index contributed by atoms with van der Waals surface area (Å²) in [5, 5.41) is 4.40. The summed E-state index contributed by atoms with van der Waals surface area (Å²) in [6, 6.07) is 15.3. The molecule has 7 heteroatoms. The van der Waals surface area contributed by atoms with Gasteiger partial charge in [-0.1, -0.05) is 36.4 Å². The highest BCUT2D eigenvalue weighted by Gasteiger charge is 2.12. The maximum atomic E-state index is 12.0. The third-order valence-corrected chi connectivity index (χ3v) is 3.33. The third-order valence-electron chi connectivity index (χ3n) is 3.33. The molecule has 2 rings (SSSR count). The zero-order chi connectivity index (χ0) is 19.5. The molecule has 2 N–H and O–H groups in total. The number of carbonyl (C=O) groups excluding carboxylic acids is 3. The maximum Gasteiger partial charge on any atom is 0.338 e. The largest absolute Gasteiger partial charge is 0.489 e. The van der Waals surface area contributed by atoms with Gasteiger partial charge in [0.1, 0.15) is 12.4 Å². The van der Waals surface area contributed by atoms with Crippen molar-refractivity contribution in [3.63, 3.8) is 0 Å². The molecule has 0 atom stereocenters. The van der Waals surface area contributed by atoms with Crippen LogP contribution in [-0.4, -0.2) is 31.1 Å². The van der Waals surface area contributed by atoms with E-state index in [1.807, 2.05) is 35.6 Å². The number of hydrogen-bond donors (Lipinski definition) is 2. The van der Waals surface area contributed by atoms with Crippen molar-refractivity contribution in [1.82, 2.24) is 10.6 Å². The molecule has 0 saturated carbocycles. The predicted molar refractivity (Wildman–Crippen MR) is 99.2 cm³/mol. The SMILES string of the molecule is C=CCNC(=O)NC(=O)COC(=O)c1ccc(COc2ccccc2)cc1. The minimum atomic E-state index is -0.724. The van der Waals surface area contributed by atoms with E-state index in [9.17, 15) is 14.4 Å². The monoisotopic (exact) mass is 368 g/mol. The summed E-state index contributed by atoms with van der Waals surface area (Å²) in [7, 11) is 0. The van der Waals surface area contributed by atoms with Crippen LogP contribution in [0.5, 0.6) is 5.75 Å². The summed E-state index contributed by atoms with van der Waals surface area (Å²) in [5.41, 5.74) is 1.18. The van der Waals surface area contributed by atoms with Crippen molar-refractivity contribution in [3.8, 4) is 5.75 Å². The van der Waals surface area contributed by atoms with Crippen molar-refractivity contribution in [2.45, 2.75) is 6.61 Å². The molecule has 0 aliphatic heterocycles. The van der Waals surface area contributed by atoms with Gasteiger partial charge in [0.25, 0.3) is 5.91 Å². The Hall–Kier alpha value is -3.61. The highest BCUT2D eigenvalue weighted by molar-refractivity contribution is 5.97. The number of imide groups is 1. The van der Waals surface area contributed by atoms with E-state index in [1.165, 1.54) is 6.08 Å². The van der Waals surface area contributed by atoms with E-state index < -0.39 is 24.5 Å². The normalized spacial score (nSPS) is 9.78. The molecule has 27 heavy (non-hydrogen) atoms. The number of esters is 1. The molecule has 140 valence electrons. The van der Waals surface area contributed by atoms with Gasteiger partial charge in [0, 0.05) is 6.54 Å². The summed E-state index contributed by atoms with van der Waals surface area (Å²) >= 11 is 0. The molecule has 2 aromatic rings. The van der Waals surface area contributed by atoms with Gasteiger partial charge in [-0.05, 0) is 29.8 Å². The average molecular weight is 368 g/mol. The van der Waals surface area contributed by atoms with E-state index in [4.69, 9.17) is 9.47 Å². The number of para-hydroxylation sites is 1. The predicted octanol–water partition coefficient (Wildman–Crippen LogP) is 2.43. The van der Waals surface area contributed by atoms with E-state index in [-0.39, 0.29) is 6.54 Å². The summed E-state index contributed by atoms with van der Waals surface area (Å²) in [5.74, 6) is -0.630. The fourth-order valence-electron chi connectivity index (χ4n) is 2.01. The second-order valence-electron chi connectivity index (χ2n) is 5.42. The van der Waals surface area contributed by atoms with E-state index >= 15 is 0 Å². The van der Waals surface area contributed by atoms with Gasteiger partial charge in [-0.3, -0.25) is 10.1 Å². The van der Waals surface area contributed by atoms with Crippen LogP contribution in [-0.2, 0) is 16.1 Å². The van der Waals surface area contributed by atoms with Gasteiger partial charge >= 0.3 is 12.0 Å². The van der Waals surface area contributed by atoms with E-state index in [0.717, 1.165) is 11.3 Å². The van der Waals surface area contributed by atoms with Gasteiger partial charge in [0.2, 0.25) is 0 Å². The van der Waals surface area contributed by atoms with Gasteiger partial charge < -0.3 is 14.8 Å². The van der Waals surface area contributed by atoms with Crippen molar-refractivity contribution in [2.24, 2.45) is 0 Å². The molecule has 0 fully saturated rings. The Kier molecular flexibility index (Phi) is 7.59. The van der Waals surface area contributed by atoms with Crippen LogP contribution in [0, 0.1) is 0 Å². The number of carbonyl (C=O) groups is 3. The Morgan fingerprint density at radius 1 is 1.00 bits per heavy atom. The molecule has 0 heterocycles. The number of benzene rings is 2. The van der Waals surface area contributed by atoms with Crippen LogP contribution in [0.2, 0.25) is 0 Å². The quantitative estimate of drug-likeness (QED) is 0.551. The van der Waals surface area contributed by atoms with E-state index in [1.54, 1.807) is 24.3 Å². The van der Waals surface area contributed by atoms with Gasteiger partial charge in [0.05, 0.1) is 5.56 Å². The molecule has 0 unspecified atom stereocenters. The lowest BCUT2D eigenvalue weighted by Gasteiger charge is -2.08. The van der Waals surface area contributed by atoms with Crippen LogP contribution in [0.4, 0.5) is 4.79 Å². The van der Waals surface area contributed by atoms with Crippen LogP contribution in [0.15, 0.2) is 67.3 Å². The first-order valence-corrected chi connectivity index (χ1v) is 8.21. The van der Waals surface area contributed by atoms with Gasteiger partial charge in [0.15, 0.2) is 6.61 Å². The number of urea groups is 1. The Labute approximate surface area is 157 Å². The van der Waals surface area contributed by atoms with Crippen LogP contribution >= 0.6 is 0 Å². The standard InChI is InChI=1S/C20H20N2O5/c1-2-12-21-20(25)22-18(23)14-27-19(24)16-10-8-15(9-11-16)13-26-17-6-4-3-5-7-17/h2-11H,1,12-14H2,(H2,21,22,23,25). The zero-order valence-corrected chi connectivity index (χ0v) is 14.6. The van der Waals surface area contributed by atoms with Crippen molar-refractivity contribution >= 4 is 17.9 Å². The summed E-state index contributed by atoms with van der Waals surface area (Å²) < 4.78 is 10.5. The summed E-state index contributed by atoms with van der Waals surface area (Å²) in [6.07, 6.45) is 1.47. The Morgan fingerprint density at radius 3 is 2.37 bits per heavy atom. The van der Waals surface area contributed by atoms with Crippen LogP contribution in [0.3, 0.4) is 0 Å². The highest BCUT2D eigenvalue weighted by Crippen LogP contribution is 2.12. The van der Waals surface area contributed by atoms with Crippen molar-refractivity contribution in [1.29, 1.82) is 0 Å². The first-order valence-electron chi connectivity index (χ1n) is 8.21. The highest BCUT2D eigenvalue weighted by atomic mass is 16.5. The zero-order valence-electron chi connectivity index (χ0n) is 14.6. The number of amides is 3. The van der Waals surface area contributed by atoms with Gasteiger partial charge in [-0.25, -0.2) is 9.59 Å². The Morgan fingerprint density at radius 2 is 1.70 bits per heavy atom. The average Bonchev–Trinajstić information content (AvgIpc) is 2.70. The van der Waals surface area contributed by atoms with Crippen molar-refractivity contribution in [3.05, 3.63) is 78.4 Å². The molecular formula is C20H20N2O5. The second kappa shape index (κ2) is 10.4. The molecular weight excluding hydrogens is 348 g/mol. The van der Waals surface area contributed by atoms with Gasteiger partial charge in [-0.15, -0.1) is 6.58 Å². The molecule has 0 bridgehead atoms. The van der Waals surface area contributed by atoms with Crippen LogP contribution in [0.1, 0.15) is 15.9 Å². The lowest BCUT2D eigenvalue weighted by Crippen LogP contribution is -2.41. The fraction of sp³-hybridized carbons (Fsp3) is 0.150. The molecule has 0 aliphatic carbocycles. The van der Waals surface area contributed by atoms with Crippen LogP contribution < -0.4 is 15.4 Å². The van der Waals surface area contributed by atoms with Crippen LogP contribution in [0.25, 0.3) is 0 Å². The van der Waals surface area contributed by atoms with Gasteiger partial charge in [-0.2, -0.15) is 0 Å². The maximum absolute atomic E-state index is 12.0. The first-order chi connectivity index (χ1) is 13.1. The fourth-order valence-corrected chi connectivity index (χ4v) is 2.01. The first kappa shape index (κ1) is 19.7. The molecule has 3 amide bonds. The number of rotatable bonds is 8. The lowest BCUT2D eigenvalue weighted by molar-refractivity contribution is -0.123.